The molecule has 0 N–H and O–H groups in total. The van der Waals surface area contributed by atoms with Crippen molar-refractivity contribution in [3.63, 3.8) is 0 Å². The average molecular weight is 440 g/mol. The Morgan fingerprint density at radius 2 is 1.83 bits per heavy atom. The summed E-state index contributed by atoms with van der Waals surface area (Å²) >= 11 is 0. The van der Waals surface area contributed by atoms with Gasteiger partial charge in [-0.3, -0.25) is 0 Å². The summed E-state index contributed by atoms with van der Waals surface area (Å²) in [6.45, 7) is 16.9. The van der Waals surface area contributed by atoms with E-state index in [1.807, 2.05) is 20.8 Å². The molecule has 0 aromatic rings. The highest BCUT2D eigenvalue weighted by Crippen LogP contribution is 2.37. The van der Waals surface area contributed by atoms with E-state index in [1.165, 1.54) is 0 Å². The number of allylic oxidation sites excluding steroid dienone is 1. The van der Waals surface area contributed by atoms with E-state index in [4.69, 9.17) is 13.9 Å². The smallest absolute Gasteiger partial charge is 0.410 e. The summed E-state index contributed by atoms with van der Waals surface area (Å²) in [5.41, 5.74) is 0.566. The number of rotatable bonds is 6. The second-order valence-electron chi connectivity index (χ2n) is 11.0. The maximum atomic E-state index is 12.8. The number of likely N-dealkylation sites (tertiary alicyclic amines) is 1. The maximum absolute atomic E-state index is 12.8. The van der Waals surface area contributed by atoms with Gasteiger partial charge in [-0.15, -0.1) is 0 Å². The van der Waals surface area contributed by atoms with Crippen molar-refractivity contribution in [2.45, 2.75) is 110 Å². The van der Waals surface area contributed by atoms with Crippen LogP contribution in [0.3, 0.4) is 0 Å². The minimum absolute atomic E-state index is 0.0274. The van der Waals surface area contributed by atoms with Gasteiger partial charge in [0.1, 0.15) is 18.3 Å². The van der Waals surface area contributed by atoms with Gasteiger partial charge in [-0.25, -0.2) is 9.59 Å². The highest BCUT2D eigenvalue weighted by atomic mass is 28.4. The van der Waals surface area contributed by atoms with E-state index < -0.39 is 20.0 Å². The molecule has 0 aromatic carbocycles. The largest absolute Gasteiger partial charge is 0.454 e. The molecule has 2 atom stereocenters. The third-order valence-electron chi connectivity index (χ3n) is 6.33. The highest BCUT2D eigenvalue weighted by Gasteiger charge is 2.42. The normalized spacial score (nSPS) is 21.4. The molecular formula is C23H41NO5Si. The Morgan fingerprint density at radius 3 is 2.37 bits per heavy atom. The van der Waals surface area contributed by atoms with E-state index >= 15 is 0 Å². The van der Waals surface area contributed by atoms with Gasteiger partial charge in [0.05, 0.1) is 6.04 Å². The Kier molecular flexibility index (Phi) is 7.83. The molecule has 0 unspecified atom stereocenters. The van der Waals surface area contributed by atoms with E-state index in [1.54, 1.807) is 4.90 Å². The predicted octanol–water partition coefficient (Wildman–Crippen LogP) is 5.43. The molecule has 1 aliphatic carbocycles. The van der Waals surface area contributed by atoms with Crippen LogP contribution in [0.2, 0.25) is 18.1 Å². The predicted molar refractivity (Wildman–Crippen MR) is 121 cm³/mol. The van der Waals surface area contributed by atoms with Crippen LogP contribution in [0.5, 0.6) is 0 Å². The van der Waals surface area contributed by atoms with Gasteiger partial charge in [0.15, 0.2) is 8.32 Å². The van der Waals surface area contributed by atoms with Crippen LogP contribution < -0.4 is 0 Å². The van der Waals surface area contributed by atoms with Crippen LogP contribution >= 0.6 is 0 Å². The first-order chi connectivity index (χ1) is 13.7. The van der Waals surface area contributed by atoms with E-state index in [0.29, 0.717) is 6.54 Å². The first kappa shape index (κ1) is 24.9. The van der Waals surface area contributed by atoms with Gasteiger partial charge in [-0.2, -0.15) is 0 Å². The molecule has 1 fully saturated rings. The molecule has 0 aromatic heterocycles. The van der Waals surface area contributed by atoms with Crippen molar-refractivity contribution >= 4 is 20.4 Å². The second-order valence-corrected chi connectivity index (χ2v) is 15.8. The number of carbonyl (C=O) groups excluding carboxylic acids is 2. The summed E-state index contributed by atoms with van der Waals surface area (Å²) in [5.74, 6) is -0.353. The van der Waals surface area contributed by atoms with E-state index in [9.17, 15) is 9.59 Å². The van der Waals surface area contributed by atoms with Crippen molar-refractivity contribution < 1.29 is 23.5 Å². The van der Waals surface area contributed by atoms with Crippen LogP contribution in [0, 0.1) is 0 Å². The number of amides is 1. The molecule has 0 spiro atoms. The average Bonchev–Trinajstić information content (AvgIpc) is 3.27. The molecule has 1 heterocycles. The first-order valence-corrected chi connectivity index (χ1v) is 14.1. The van der Waals surface area contributed by atoms with Gasteiger partial charge in [0.25, 0.3) is 0 Å². The van der Waals surface area contributed by atoms with Crippen LogP contribution in [0.4, 0.5) is 4.79 Å². The first-order valence-electron chi connectivity index (χ1n) is 11.2. The molecule has 0 bridgehead atoms. The zero-order chi connectivity index (χ0) is 22.7. The topological polar surface area (TPSA) is 65.1 Å². The van der Waals surface area contributed by atoms with Gasteiger partial charge in [-0.1, -0.05) is 26.8 Å². The van der Waals surface area contributed by atoms with Crippen molar-refractivity contribution in [3.05, 3.63) is 11.6 Å². The van der Waals surface area contributed by atoms with Crippen molar-refractivity contribution in [1.82, 2.24) is 4.90 Å². The third-order valence-corrected chi connectivity index (χ3v) is 10.8. The molecular weight excluding hydrogens is 398 g/mol. The summed E-state index contributed by atoms with van der Waals surface area (Å²) in [6, 6.07) is -0.180. The van der Waals surface area contributed by atoms with Gasteiger partial charge in [0.2, 0.25) is 0 Å². The highest BCUT2D eigenvalue weighted by molar-refractivity contribution is 6.74. The molecule has 2 rings (SSSR count). The molecule has 6 nitrogen and oxygen atoms in total. The minimum atomic E-state index is -2.04. The molecule has 0 radical (unpaired) electrons. The summed E-state index contributed by atoms with van der Waals surface area (Å²) < 4.78 is 17.6. The number of hydrogen-bond acceptors (Lipinski definition) is 5. The van der Waals surface area contributed by atoms with Crippen LogP contribution in [0.25, 0.3) is 0 Å². The zero-order valence-electron chi connectivity index (χ0n) is 20.2. The lowest BCUT2D eigenvalue weighted by Crippen LogP contribution is -2.48. The lowest BCUT2D eigenvalue weighted by molar-refractivity contribution is -0.152. The number of hydrogen-bond donors (Lipinski definition) is 0. The fraction of sp³-hybridized carbons (Fsp3) is 0.826. The van der Waals surface area contributed by atoms with Crippen LogP contribution in [-0.4, -0.2) is 56.2 Å². The summed E-state index contributed by atoms with van der Waals surface area (Å²) in [7, 11) is -2.04. The molecule has 1 aliphatic heterocycles. The van der Waals surface area contributed by atoms with Gasteiger partial charge in [-0.05, 0) is 76.6 Å². The summed E-state index contributed by atoms with van der Waals surface area (Å²) in [4.78, 5) is 27.3. The van der Waals surface area contributed by atoms with E-state index in [0.717, 1.165) is 37.7 Å². The maximum Gasteiger partial charge on any atom is 0.410 e. The number of carbonyl (C=O) groups is 2. The SMILES string of the molecule is CC(C)(C)OC(=O)N1CCC[C@H]1[C@H](OC(=O)CO[Si](C)(C)C(C)(C)C)C1=CCCC1. The standard InChI is InChI=1S/C23H41NO5Si/c1-22(2,3)29-21(26)24-15-11-14-18(24)20(17-12-9-10-13-17)28-19(25)16-27-30(7,8)23(4,5)6/h12,18,20H,9-11,13-16H2,1-8H3/t18-,20+/m0/s1. The number of ether oxygens (including phenoxy) is 2. The Bertz CT molecular complexity index is 659. The minimum Gasteiger partial charge on any atom is -0.454 e. The van der Waals surface area contributed by atoms with Crippen molar-refractivity contribution in [2.24, 2.45) is 0 Å². The Labute approximate surface area is 183 Å². The molecule has 172 valence electrons. The van der Waals surface area contributed by atoms with Crippen LogP contribution in [0.1, 0.15) is 73.6 Å². The van der Waals surface area contributed by atoms with Gasteiger partial charge < -0.3 is 18.8 Å². The summed E-state index contributed by atoms with van der Waals surface area (Å²) in [5, 5.41) is 0.0274. The quantitative estimate of drug-likeness (QED) is 0.314. The fourth-order valence-electron chi connectivity index (χ4n) is 3.64. The van der Waals surface area contributed by atoms with Crippen molar-refractivity contribution in [2.75, 3.05) is 13.2 Å². The molecule has 1 amide bonds. The summed E-state index contributed by atoms with van der Waals surface area (Å²) in [6.07, 6.45) is 6.05. The van der Waals surface area contributed by atoms with Gasteiger partial charge >= 0.3 is 12.1 Å². The second kappa shape index (κ2) is 9.43. The zero-order valence-corrected chi connectivity index (χ0v) is 21.2. The number of esters is 1. The van der Waals surface area contributed by atoms with Crippen LogP contribution in [0.15, 0.2) is 11.6 Å². The van der Waals surface area contributed by atoms with Gasteiger partial charge in [0, 0.05) is 6.54 Å². The lowest BCUT2D eigenvalue weighted by atomic mass is 9.99. The number of nitrogens with zero attached hydrogens (tertiary/aromatic N) is 1. The monoisotopic (exact) mass is 439 g/mol. The Hall–Kier alpha value is -1.34. The van der Waals surface area contributed by atoms with E-state index in [2.05, 4.69) is 39.9 Å². The lowest BCUT2D eigenvalue weighted by Gasteiger charge is -2.36. The van der Waals surface area contributed by atoms with Crippen molar-refractivity contribution in [1.29, 1.82) is 0 Å². The fourth-order valence-corrected chi connectivity index (χ4v) is 4.55. The third kappa shape index (κ3) is 6.58. The van der Waals surface area contributed by atoms with Crippen LogP contribution in [-0.2, 0) is 18.7 Å². The molecule has 1 saturated heterocycles. The molecule has 2 aliphatic rings. The Balaban J connectivity index is 2.11. The Morgan fingerprint density at radius 1 is 1.17 bits per heavy atom. The van der Waals surface area contributed by atoms with Crippen molar-refractivity contribution in [3.8, 4) is 0 Å². The van der Waals surface area contributed by atoms with E-state index in [-0.39, 0.29) is 29.7 Å². The molecule has 7 heteroatoms. The molecule has 0 saturated carbocycles. The molecule has 30 heavy (non-hydrogen) atoms.